The summed E-state index contributed by atoms with van der Waals surface area (Å²) in [5.74, 6) is 1.09. The Morgan fingerprint density at radius 1 is 0.792 bits per heavy atom. The summed E-state index contributed by atoms with van der Waals surface area (Å²) in [7, 11) is 0. The highest BCUT2D eigenvalue weighted by Gasteiger charge is 2.09. The van der Waals surface area contributed by atoms with E-state index >= 15 is 0 Å². The third-order valence-electron chi connectivity index (χ3n) is 3.28. The third-order valence-corrected chi connectivity index (χ3v) is 3.86. The lowest BCUT2D eigenvalue weighted by Crippen LogP contribution is -2.12. The highest BCUT2D eigenvalue weighted by molar-refractivity contribution is 6.34. The van der Waals surface area contributed by atoms with Gasteiger partial charge in [-0.25, -0.2) is 0 Å². The van der Waals surface area contributed by atoms with Crippen LogP contribution in [0.5, 0.6) is 11.5 Å². The van der Waals surface area contributed by atoms with Crippen molar-refractivity contribution in [3.63, 3.8) is 0 Å². The molecule has 3 nitrogen and oxygen atoms in total. The summed E-state index contributed by atoms with van der Waals surface area (Å²) in [6.45, 7) is 0. The van der Waals surface area contributed by atoms with Gasteiger partial charge in [-0.1, -0.05) is 35.3 Å². The van der Waals surface area contributed by atoms with Gasteiger partial charge in [0.05, 0.1) is 10.6 Å². The minimum Gasteiger partial charge on any atom is -0.457 e. The largest absolute Gasteiger partial charge is 0.457 e. The molecule has 0 atom stereocenters. The molecule has 0 aromatic heterocycles. The molecule has 3 aromatic rings. The molecule has 0 aliphatic heterocycles. The van der Waals surface area contributed by atoms with E-state index in [1.165, 1.54) is 0 Å². The number of nitrogens with one attached hydrogen (secondary N) is 1. The van der Waals surface area contributed by atoms with E-state index in [2.05, 4.69) is 5.32 Å². The van der Waals surface area contributed by atoms with Crippen molar-refractivity contribution < 1.29 is 9.53 Å². The van der Waals surface area contributed by atoms with Crippen molar-refractivity contribution in [1.82, 2.24) is 0 Å². The predicted molar refractivity (Wildman–Crippen MR) is 97.4 cm³/mol. The number of halogens is 2. The summed E-state index contributed by atoms with van der Waals surface area (Å²) in [6.07, 6.45) is 0. The number of hydrogen-bond donors (Lipinski definition) is 1. The first-order chi connectivity index (χ1) is 11.6. The third kappa shape index (κ3) is 4.07. The van der Waals surface area contributed by atoms with Crippen molar-refractivity contribution in [2.24, 2.45) is 0 Å². The average molecular weight is 358 g/mol. The lowest BCUT2D eigenvalue weighted by Gasteiger charge is -2.09. The monoisotopic (exact) mass is 357 g/mol. The van der Waals surface area contributed by atoms with Gasteiger partial charge in [0.2, 0.25) is 0 Å². The molecule has 3 aromatic carbocycles. The first-order valence-electron chi connectivity index (χ1n) is 7.21. The maximum Gasteiger partial charge on any atom is 0.257 e. The number of benzene rings is 3. The fourth-order valence-electron chi connectivity index (χ4n) is 2.09. The zero-order chi connectivity index (χ0) is 16.9. The van der Waals surface area contributed by atoms with E-state index in [0.717, 1.165) is 0 Å². The molecule has 1 amide bonds. The Labute approximate surface area is 149 Å². The molecule has 0 saturated heterocycles. The Morgan fingerprint density at radius 3 is 2.00 bits per heavy atom. The first-order valence-corrected chi connectivity index (χ1v) is 7.97. The molecule has 0 saturated carbocycles. The highest BCUT2D eigenvalue weighted by Crippen LogP contribution is 2.25. The number of anilines is 1. The van der Waals surface area contributed by atoms with Gasteiger partial charge in [0, 0.05) is 10.7 Å². The minimum absolute atomic E-state index is 0.257. The molecule has 120 valence electrons. The fourth-order valence-corrected chi connectivity index (χ4v) is 2.44. The number of hydrogen-bond acceptors (Lipinski definition) is 2. The first kappa shape index (κ1) is 16.4. The summed E-state index contributed by atoms with van der Waals surface area (Å²) in [4.78, 5) is 12.2. The summed E-state index contributed by atoms with van der Waals surface area (Å²) in [6, 6.07) is 21.1. The Bertz CT molecular complexity index is 846. The van der Waals surface area contributed by atoms with Crippen LogP contribution in [0.4, 0.5) is 5.69 Å². The second-order valence-electron chi connectivity index (χ2n) is 5.01. The van der Waals surface area contributed by atoms with E-state index in [0.29, 0.717) is 32.8 Å². The van der Waals surface area contributed by atoms with Gasteiger partial charge in [-0.15, -0.1) is 0 Å². The van der Waals surface area contributed by atoms with Gasteiger partial charge in [0.15, 0.2) is 0 Å². The molecule has 5 heteroatoms. The predicted octanol–water partition coefficient (Wildman–Crippen LogP) is 6.04. The molecule has 0 radical (unpaired) electrons. The Balaban J connectivity index is 1.67. The molecule has 0 fully saturated rings. The van der Waals surface area contributed by atoms with Crippen LogP contribution in [0.3, 0.4) is 0 Å². The number of amides is 1. The van der Waals surface area contributed by atoms with E-state index in [9.17, 15) is 4.79 Å². The van der Waals surface area contributed by atoms with E-state index in [4.69, 9.17) is 27.9 Å². The van der Waals surface area contributed by atoms with Crippen LogP contribution >= 0.6 is 23.2 Å². The van der Waals surface area contributed by atoms with Gasteiger partial charge < -0.3 is 10.1 Å². The number of rotatable bonds is 4. The van der Waals surface area contributed by atoms with Gasteiger partial charge in [-0.05, 0) is 60.7 Å². The van der Waals surface area contributed by atoms with E-state index in [1.807, 2.05) is 0 Å². The summed E-state index contributed by atoms with van der Waals surface area (Å²) >= 11 is 11.9. The smallest absolute Gasteiger partial charge is 0.257 e. The molecule has 1 N–H and O–H groups in total. The number of carbonyl (C=O) groups excluding carboxylic acids is 1. The normalized spacial score (nSPS) is 10.2. The topological polar surface area (TPSA) is 38.3 Å². The van der Waals surface area contributed by atoms with Gasteiger partial charge in [0.1, 0.15) is 11.5 Å². The van der Waals surface area contributed by atoms with Crippen LogP contribution < -0.4 is 10.1 Å². The maximum atomic E-state index is 12.2. The van der Waals surface area contributed by atoms with Gasteiger partial charge in [-0.3, -0.25) is 4.79 Å². The van der Waals surface area contributed by atoms with Crippen molar-refractivity contribution in [3.8, 4) is 11.5 Å². The van der Waals surface area contributed by atoms with Crippen LogP contribution in [0.1, 0.15) is 10.4 Å². The van der Waals surface area contributed by atoms with Crippen LogP contribution in [0.2, 0.25) is 10.0 Å². The standard InChI is InChI=1S/C19H13Cl2NO2/c20-13-5-9-15(10-6-13)24-16-11-7-14(8-12-16)22-19(23)17-3-1-2-4-18(17)21/h1-12H,(H,22,23). The highest BCUT2D eigenvalue weighted by atomic mass is 35.5. The second kappa shape index (κ2) is 7.39. The van der Waals surface area contributed by atoms with Crippen molar-refractivity contribution in [3.05, 3.63) is 88.4 Å². The molecule has 0 bridgehead atoms. The molecule has 0 spiro atoms. The second-order valence-corrected chi connectivity index (χ2v) is 5.86. The fraction of sp³-hybridized carbons (Fsp3) is 0. The van der Waals surface area contributed by atoms with Crippen LogP contribution in [0.25, 0.3) is 0 Å². The summed E-state index contributed by atoms with van der Waals surface area (Å²) < 4.78 is 5.70. The molecule has 0 aliphatic carbocycles. The molecule has 0 heterocycles. The van der Waals surface area contributed by atoms with Crippen LogP contribution in [0.15, 0.2) is 72.8 Å². The van der Waals surface area contributed by atoms with E-state index in [1.54, 1.807) is 72.8 Å². The van der Waals surface area contributed by atoms with Crippen LogP contribution in [0, 0.1) is 0 Å². The van der Waals surface area contributed by atoms with Crippen molar-refractivity contribution >= 4 is 34.8 Å². The Kier molecular flexibility index (Phi) is 5.04. The van der Waals surface area contributed by atoms with Crippen molar-refractivity contribution in [1.29, 1.82) is 0 Å². The summed E-state index contributed by atoms with van der Waals surface area (Å²) in [5.41, 5.74) is 1.09. The lowest BCUT2D eigenvalue weighted by molar-refractivity contribution is 0.102. The Hall–Kier alpha value is -2.49. The quantitative estimate of drug-likeness (QED) is 0.618. The van der Waals surface area contributed by atoms with E-state index in [-0.39, 0.29) is 5.91 Å². The zero-order valence-corrected chi connectivity index (χ0v) is 14.0. The lowest BCUT2D eigenvalue weighted by atomic mass is 10.2. The molecule has 3 rings (SSSR count). The maximum absolute atomic E-state index is 12.2. The molecular weight excluding hydrogens is 345 g/mol. The average Bonchev–Trinajstić information content (AvgIpc) is 2.59. The molecule has 0 aliphatic rings. The number of carbonyl (C=O) groups is 1. The Morgan fingerprint density at radius 2 is 1.38 bits per heavy atom. The van der Waals surface area contributed by atoms with Gasteiger partial charge in [-0.2, -0.15) is 0 Å². The minimum atomic E-state index is -0.257. The van der Waals surface area contributed by atoms with Crippen LogP contribution in [-0.2, 0) is 0 Å². The SMILES string of the molecule is O=C(Nc1ccc(Oc2ccc(Cl)cc2)cc1)c1ccccc1Cl. The van der Waals surface area contributed by atoms with E-state index < -0.39 is 0 Å². The summed E-state index contributed by atoms with van der Waals surface area (Å²) in [5, 5.41) is 3.87. The van der Waals surface area contributed by atoms with Gasteiger partial charge >= 0.3 is 0 Å². The molecular formula is C19H13Cl2NO2. The van der Waals surface area contributed by atoms with Gasteiger partial charge in [0.25, 0.3) is 5.91 Å². The zero-order valence-electron chi connectivity index (χ0n) is 12.5. The molecule has 24 heavy (non-hydrogen) atoms. The number of ether oxygens (including phenoxy) is 1. The van der Waals surface area contributed by atoms with Crippen molar-refractivity contribution in [2.45, 2.75) is 0 Å². The van der Waals surface area contributed by atoms with Crippen molar-refractivity contribution in [2.75, 3.05) is 5.32 Å². The van der Waals surface area contributed by atoms with Crippen LogP contribution in [-0.4, -0.2) is 5.91 Å². The molecule has 0 unspecified atom stereocenters.